The predicted octanol–water partition coefficient (Wildman–Crippen LogP) is 2.46. The van der Waals surface area contributed by atoms with Crippen molar-refractivity contribution in [1.29, 1.82) is 0 Å². The van der Waals surface area contributed by atoms with Crippen molar-refractivity contribution in [1.82, 2.24) is 24.9 Å². The van der Waals surface area contributed by atoms with E-state index in [0.717, 1.165) is 6.07 Å². The number of ether oxygens (including phenoxy) is 2. The van der Waals surface area contributed by atoms with Crippen molar-refractivity contribution in [2.24, 2.45) is 0 Å². The van der Waals surface area contributed by atoms with Gasteiger partial charge in [-0.1, -0.05) is 0 Å². The van der Waals surface area contributed by atoms with Gasteiger partial charge in [0.2, 0.25) is 15.8 Å². The Morgan fingerprint density at radius 2 is 2.03 bits per heavy atom. The van der Waals surface area contributed by atoms with Crippen molar-refractivity contribution in [3.63, 3.8) is 0 Å². The zero-order chi connectivity index (χ0) is 21.3. The third kappa shape index (κ3) is 3.61. The molecule has 3 aromatic rings. The summed E-state index contributed by atoms with van der Waals surface area (Å²) in [6.45, 7) is 0.299. The van der Waals surface area contributed by atoms with Crippen LogP contribution in [0.3, 0.4) is 0 Å². The third-order valence-electron chi connectivity index (χ3n) is 4.68. The molecule has 0 aliphatic carbocycles. The summed E-state index contributed by atoms with van der Waals surface area (Å²) in [5, 5.41) is 12.6. The molecule has 4 rings (SSSR count). The Bertz CT molecular complexity index is 1160. The molecule has 1 atom stereocenters. The van der Waals surface area contributed by atoms with Gasteiger partial charge in [-0.25, -0.2) is 12.8 Å². The molecule has 158 valence electrons. The maximum absolute atomic E-state index is 14.3. The largest absolute Gasteiger partial charge is 0.497 e. The van der Waals surface area contributed by atoms with E-state index in [1.54, 1.807) is 25.3 Å². The Balaban J connectivity index is 1.76. The minimum Gasteiger partial charge on any atom is -0.497 e. The lowest BCUT2D eigenvalue weighted by Crippen LogP contribution is -2.30. The van der Waals surface area contributed by atoms with Gasteiger partial charge in [-0.3, -0.25) is 0 Å². The summed E-state index contributed by atoms with van der Waals surface area (Å²) < 4.78 is 53.3. The van der Waals surface area contributed by atoms with Gasteiger partial charge >= 0.3 is 0 Å². The number of aromatic amines is 1. The van der Waals surface area contributed by atoms with Gasteiger partial charge in [-0.15, -0.1) is 22.0 Å². The number of aromatic nitrogens is 4. The maximum Gasteiger partial charge on any atom is 0.244 e. The van der Waals surface area contributed by atoms with Crippen LogP contribution in [-0.4, -0.2) is 59.9 Å². The molecule has 1 aliphatic heterocycles. The van der Waals surface area contributed by atoms with Gasteiger partial charge in [0.25, 0.3) is 0 Å². The molecule has 2 aromatic carbocycles. The van der Waals surface area contributed by atoms with Crippen LogP contribution in [0.4, 0.5) is 4.39 Å². The van der Waals surface area contributed by atoms with Gasteiger partial charge in [0, 0.05) is 17.9 Å². The molecule has 0 saturated carbocycles. The van der Waals surface area contributed by atoms with Crippen LogP contribution >= 0.6 is 11.8 Å². The highest BCUT2D eigenvalue weighted by Gasteiger charge is 2.38. The lowest BCUT2D eigenvalue weighted by atomic mass is 10.2. The Morgan fingerprint density at radius 1 is 1.20 bits per heavy atom. The molecule has 2 heterocycles. The van der Waals surface area contributed by atoms with Crippen LogP contribution in [-0.2, 0) is 10.0 Å². The second-order valence-corrected chi connectivity index (χ2v) is 9.40. The van der Waals surface area contributed by atoms with E-state index in [1.165, 1.54) is 35.3 Å². The Hall–Kier alpha value is -2.70. The molecule has 1 unspecified atom stereocenters. The molecule has 0 spiro atoms. The average Bonchev–Trinajstić information content (AvgIpc) is 3.46. The fraction of sp³-hybridized carbons (Fsp3) is 0.278. The quantitative estimate of drug-likeness (QED) is 0.609. The molecular formula is C18H18FN5O4S2. The molecule has 9 nitrogen and oxygen atoms in total. The monoisotopic (exact) mass is 451 g/mol. The number of nitrogens with zero attached hydrogens (tertiary/aromatic N) is 4. The minimum absolute atomic E-state index is 0.0219. The fourth-order valence-corrected chi connectivity index (χ4v) is 6.50. The first-order valence-electron chi connectivity index (χ1n) is 8.84. The second kappa shape index (κ2) is 8.20. The van der Waals surface area contributed by atoms with Crippen LogP contribution in [0.1, 0.15) is 10.9 Å². The number of nitrogens with one attached hydrogen (secondary N) is 1. The number of hydrogen-bond acceptors (Lipinski definition) is 8. The average molecular weight is 452 g/mol. The second-order valence-electron chi connectivity index (χ2n) is 6.32. The van der Waals surface area contributed by atoms with Gasteiger partial charge < -0.3 is 9.47 Å². The summed E-state index contributed by atoms with van der Waals surface area (Å²) in [6, 6.07) is 8.79. The molecule has 1 aliphatic rings. The Morgan fingerprint density at radius 3 is 2.73 bits per heavy atom. The topological polar surface area (TPSA) is 110 Å². The number of sulfonamides is 1. The molecule has 0 radical (unpaired) electrons. The summed E-state index contributed by atoms with van der Waals surface area (Å²) in [6.07, 6.45) is 0. The molecule has 1 N–H and O–H groups in total. The van der Waals surface area contributed by atoms with Crippen LogP contribution in [0.15, 0.2) is 41.3 Å². The summed E-state index contributed by atoms with van der Waals surface area (Å²) in [5.74, 6) is 1.09. The van der Waals surface area contributed by atoms with E-state index in [4.69, 9.17) is 9.47 Å². The lowest BCUT2D eigenvalue weighted by Gasteiger charge is -2.25. The molecule has 30 heavy (non-hydrogen) atoms. The number of halogens is 1. The first-order chi connectivity index (χ1) is 14.5. The highest BCUT2D eigenvalue weighted by atomic mass is 32.2. The third-order valence-corrected chi connectivity index (χ3v) is 7.92. The number of methoxy groups -OCH3 is 2. The number of H-pyrrole nitrogens is 1. The SMILES string of the molecule is COc1ccc(OC)c(C2SCCN2S(=O)(=O)c2ccc(F)c(-c3nn[nH]n3)c2)c1. The summed E-state index contributed by atoms with van der Waals surface area (Å²) in [7, 11) is -0.877. The predicted molar refractivity (Wildman–Crippen MR) is 108 cm³/mol. The maximum atomic E-state index is 14.3. The lowest BCUT2D eigenvalue weighted by molar-refractivity contribution is 0.382. The van der Waals surface area contributed by atoms with E-state index in [0.29, 0.717) is 29.4 Å². The van der Waals surface area contributed by atoms with Crippen molar-refractivity contribution >= 4 is 21.8 Å². The van der Waals surface area contributed by atoms with Gasteiger partial charge in [0.05, 0.1) is 30.1 Å². The summed E-state index contributed by atoms with van der Waals surface area (Å²) in [4.78, 5) is -0.0573. The number of tetrazole rings is 1. The van der Waals surface area contributed by atoms with Crippen molar-refractivity contribution in [2.75, 3.05) is 26.5 Å². The number of thioether (sulfide) groups is 1. The van der Waals surface area contributed by atoms with E-state index < -0.39 is 21.2 Å². The zero-order valence-corrected chi connectivity index (χ0v) is 17.7. The van der Waals surface area contributed by atoms with E-state index in [1.807, 2.05) is 0 Å². The first-order valence-corrected chi connectivity index (χ1v) is 11.3. The standard InChI is InChI=1S/C18H18FN5O4S2/c1-27-11-3-6-16(28-2)14(9-11)18-24(7-8-29-18)30(25,26)12-4-5-15(19)13(10-12)17-20-22-23-21-17/h3-6,9-10,18H,7-8H2,1-2H3,(H,20,21,22,23). The van der Waals surface area contributed by atoms with E-state index in [-0.39, 0.29) is 16.3 Å². The Kier molecular flexibility index (Phi) is 5.62. The fourth-order valence-electron chi connectivity index (χ4n) is 3.23. The molecule has 0 amide bonds. The van der Waals surface area contributed by atoms with Gasteiger partial charge in [0.15, 0.2) is 0 Å². The molecule has 0 bridgehead atoms. The molecule has 1 aromatic heterocycles. The van der Waals surface area contributed by atoms with Crippen LogP contribution in [0.25, 0.3) is 11.4 Å². The van der Waals surface area contributed by atoms with Crippen molar-refractivity contribution in [3.05, 3.63) is 47.8 Å². The van der Waals surface area contributed by atoms with Crippen molar-refractivity contribution < 1.29 is 22.3 Å². The van der Waals surface area contributed by atoms with Crippen LogP contribution in [0, 0.1) is 5.82 Å². The minimum atomic E-state index is -3.95. The highest BCUT2D eigenvalue weighted by molar-refractivity contribution is 8.01. The van der Waals surface area contributed by atoms with Crippen molar-refractivity contribution in [2.45, 2.75) is 10.3 Å². The summed E-state index contributed by atoms with van der Waals surface area (Å²) in [5.41, 5.74) is 0.635. The smallest absolute Gasteiger partial charge is 0.244 e. The van der Waals surface area contributed by atoms with Gasteiger partial charge in [-0.2, -0.15) is 9.52 Å². The van der Waals surface area contributed by atoms with Crippen LogP contribution < -0.4 is 9.47 Å². The molecule has 12 heteroatoms. The molecule has 1 saturated heterocycles. The van der Waals surface area contributed by atoms with Gasteiger partial charge in [-0.05, 0) is 41.6 Å². The highest BCUT2D eigenvalue weighted by Crippen LogP contribution is 2.45. The van der Waals surface area contributed by atoms with Crippen LogP contribution in [0.5, 0.6) is 11.5 Å². The first kappa shape index (κ1) is 20.6. The zero-order valence-electron chi connectivity index (χ0n) is 16.1. The molecule has 1 fully saturated rings. The normalized spacial score (nSPS) is 17.2. The van der Waals surface area contributed by atoms with Gasteiger partial charge in [0.1, 0.15) is 17.3 Å². The van der Waals surface area contributed by atoms with E-state index in [9.17, 15) is 12.8 Å². The van der Waals surface area contributed by atoms with E-state index >= 15 is 0 Å². The number of hydrogen-bond donors (Lipinski definition) is 1. The molecular weight excluding hydrogens is 433 g/mol. The van der Waals surface area contributed by atoms with Crippen molar-refractivity contribution in [3.8, 4) is 22.9 Å². The van der Waals surface area contributed by atoms with Crippen LogP contribution in [0.2, 0.25) is 0 Å². The Labute approximate surface area is 176 Å². The number of rotatable bonds is 6. The number of benzene rings is 2. The summed E-state index contributed by atoms with van der Waals surface area (Å²) >= 11 is 1.48. The van der Waals surface area contributed by atoms with E-state index in [2.05, 4.69) is 20.6 Å².